The minimum Gasteiger partial charge on any atom is -0.444 e. The summed E-state index contributed by atoms with van der Waals surface area (Å²) in [6, 6.07) is 1.88. The van der Waals surface area contributed by atoms with E-state index in [4.69, 9.17) is 10.00 Å². The molecule has 0 bridgehead atoms. The highest BCUT2D eigenvalue weighted by atomic mass is 16.6. The average molecular weight is 265 g/mol. The van der Waals surface area contributed by atoms with Gasteiger partial charge in [0.25, 0.3) is 0 Å². The lowest BCUT2D eigenvalue weighted by Crippen LogP contribution is -2.37. The molecule has 2 rings (SSSR count). The summed E-state index contributed by atoms with van der Waals surface area (Å²) < 4.78 is 5.43. The SMILES string of the molecule is CNC(=O)OC1CN(C(=O)CC#N)CC12CCCC2. The van der Waals surface area contributed by atoms with Crippen LogP contribution in [0.5, 0.6) is 0 Å². The van der Waals surface area contributed by atoms with Crippen molar-refractivity contribution in [1.82, 2.24) is 10.2 Å². The monoisotopic (exact) mass is 265 g/mol. The van der Waals surface area contributed by atoms with Gasteiger partial charge in [0.2, 0.25) is 5.91 Å². The number of rotatable bonds is 2. The Morgan fingerprint density at radius 2 is 2.16 bits per heavy atom. The summed E-state index contributed by atoms with van der Waals surface area (Å²) in [5, 5.41) is 11.1. The number of hydrogen-bond acceptors (Lipinski definition) is 4. The lowest BCUT2D eigenvalue weighted by Gasteiger charge is -2.28. The smallest absolute Gasteiger partial charge is 0.407 e. The predicted octanol–water partition coefficient (Wildman–Crippen LogP) is 1.03. The Morgan fingerprint density at radius 1 is 1.47 bits per heavy atom. The van der Waals surface area contributed by atoms with E-state index in [-0.39, 0.29) is 23.8 Å². The molecule has 19 heavy (non-hydrogen) atoms. The summed E-state index contributed by atoms with van der Waals surface area (Å²) in [6.07, 6.45) is 3.35. The predicted molar refractivity (Wildman–Crippen MR) is 67.0 cm³/mol. The van der Waals surface area contributed by atoms with Gasteiger partial charge < -0.3 is 15.0 Å². The second-order valence-corrected chi connectivity index (χ2v) is 5.32. The quantitative estimate of drug-likeness (QED) is 0.808. The Bertz CT molecular complexity index is 410. The van der Waals surface area contributed by atoms with Crippen molar-refractivity contribution in [1.29, 1.82) is 5.26 Å². The second-order valence-electron chi connectivity index (χ2n) is 5.32. The van der Waals surface area contributed by atoms with Crippen molar-refractivity contribution in [2.24, 2.45) is 5.41 Å². The molecule has 2 amide bonds. The zero-order valence-corrected chi connectivity index (χ0v) is 11.1. The topological polar surface area (TPSA) is 82.4 Å². The number of carbonyl (C=O) groups excluding carboxylic acids is 2. The van der Waals surface area contributed by atoms with Crippen LogP contribution in [0.15, 0.2) is 0 Å². The first-order valence-electron chi connectivity index (χ1n) is 6.64. The molecule has 1 heterocycles. The number of nitrogens with one attached hydrogen (secondary N) is 1. The normalized spacial score (nSPS) is 24.2. The summed E-state index contributed by atoms with van der Waals surface area (Å²) in [6.45, 7) is 1.02. The van der Waals surface area contributed by atoms with Gasteiger partial charge in [-0.05, 0) is 12.8 Å². The Balaban J connectivity index is 2.09. The Kier molecular flexibility index (Phi) is 3.93. The van der Waals surface area contributed by atoms with Crippen LogP contribution in [0.2, 0.25) is 0 Å². The fourth-order valence-electron chi connectivity index (χ4n) is 3.22. The lowest BCUT2D eigenvalue weighted by atomic mass is 9.83. The number of nitrogens with zero attached hydrogens (tertiary/aromatic N) is 2. The number of alkyl carbamates (subject to hydrolysis) is 1. The molecular weight excluding hydrogens is 246 g/mol. The van der Waals surface area contributed by atoms with E-state index >= 15 is 0 Å². The van der Waals surface area contributed by atoms with Crippen molar-refractivity contribution >= 4 is 12.0 Å². The molecule has 1 saturated heterocycles. The first-order valence-corrected chi connectivity index (χ1v) is 6.64. The molecule has 6 heteroatoms. The highest BCUT2D eigenvalue weighted by molar-refractivity contribution is 5.78. The van der Waals surface area contributed by atoms with Gasteiger partial charge in [0.1, 0.15) is 12.5 Å². The van der Waals surface area contributed by atoms with Crippen LogP contribution in [0.1, 0.15) is 32.1 Å². The van der Waals surface area contributed by atoms with Crippen molar-refractivity contribution < 1.29 is 14.3 Å². The van der Waals surface area contributed by atoms with Crippen LogP contribution >= 0.6 is 0 Å². The van der Waals surface area contributed by atoms with Gasteiger partial charge in [0.05, 0.1) is 12.6 Å². The highest BCUT2D eigenvalue weighted by Gasteiger charge is 2.51. The molecule has 2 aliphatic rings. The fourth-order valence-corrected chi connectivity index (χ4v) is 3.22. The molecule has 1 saturated carbocycles. The molecule has 1 spiro atoms. The maximum absolute atomic E-state index is 11.8. The maximum atomic E-state index is 11.8. The molecule has 0 aromatic rings. The van der Waals surface area contributed by atoms with Crippen LogP contribution in [0, 0.1) is 16.7 Å². The Hall–Kier alpha value is -1.77. The summed E-state index contributed by atoms with van der Waals surface area (Å²) in [7, 11) is 1.53. The third-order valence-electron chi connectivity index (χ3n) is 4.21. The van der Waals surface area contributed by atoms with Crippen molar-refractivity contribution in [2.45, 2.75) is 38.2 Å². The number of amides is 2. The van der Waals surface area contributed by atoms with Gasteiger partial charge in [0, 0.05) is 19.0 Å². The van der Waals surface area contributed by atoms with Crippen molar-refractivity contribution in [3.05, 3.63) is 0 Å². The number of nitriles is 1. The number of ether oxygens (including phenoxy) is 1. The van der Waals surface area contributed by atoms with Crippen molar-refractivity contribution in [2.75, 3.05) is 20.1 Å². The van der Waals surface area contributed by atoms with E-state index in [0.29, 0.717) is 13.1 Å². The maximum Gasteiger partial charge on any atom is 0.407 e. The molecule has 0 aromatic heterocycles. The summed E-state index contributed by atoms with van der Waals surface area (Å²) in [5.41, 5.74) is -0.0996. The van der Waals surface area contributed by atoms with Crippen LogP contribution in [-0.4, -0.2) is 43.1 Å². The largest absolute Gasteiger partial charge is 0.444 e. The molecule has 0 aromatic carbocycles. The number of carbonyl (C=O) groups is 2. The first kappa shape index (κ1) is 13.7. The molecule has 0 radical (unpaired) electrons. The highest BCUT2D eigenvalue weighted by Crippen LogP contribution is 2.46. The van der Waals surface area contributed by atoms with Crippen LogP contribution in [0.25, 0.3) is 0 Å². The van der Waals surface area contributed by atoms with Gasteiger partial charge in [0.15, 0.2) is 0 Å². The van der Waals surface area contributed by atoms with Crippen LogP contribution in [0.3, 0.4) is 0 Å². The molecule has 1 aliphatic carbocycles. The van der Waals surface area contributed by atoms with Gasteiger partial charge in [-0.15, -0.1) is 0 Å². The molecule has 1 aliphatic heterocycles. The zero-order chi connectivity index (χ0) is 13.9. The third kappa shape index (κ3) is 2.65. The van der Waals surface area contributed by atoms with E-state index < -0.39 is 6.09 Å². The van der Waals surface area contributed by atoms with Crippen molar-refractivity contribution in [3.63, 3.8) is 0 Å². The number of hydrogen-bond donors (Lipinski definition) is 1. The summed E-state index contributed by atoms with van der Waals surface area (Å²) in [5.74, 6) is -0.170. The van der Waals surface area contributed by atoms with E-state index in [1.807, 2.05) is 6.07 Å². The molecule has 1 atom stereocenters. The second kappa shape index (κ2) is 5.47. The van der Waals surface area contributed by atoms with Gasteiger partial charge in [-0.1, -0.05) is 12.8 Å². The summed E-state index contributed by atoms with van der Waals surface area (Å²) in [4.78, 5) is 24.9. The molecule has 104 valence electrons. The number of likely N-dealkylation sites (tertiary alicyclic amines) is 1. The van der Waals surface area contributed by atoms with Gasteiger partial charge in [-0.2, -0.15) is 5.26 Å². The molecule has 1 N–H and O–H groups in total. The molecule has 6 nitrogen and oxygen atoms in total. The van der Waals surface area contributed by atoms with Crippen LogP contribution in [0.4, 0.5) is 4.79 Å². The Morgan fingerprint density at radius 3 is 2.74 bits per heavy atom. The first-order chi connectivity index (χ1) is 9.11. The van der Waals surface area contributed by atoms with E-state index in [9.17, 15) is 9.59 Å². The van der Waals surface area contributed by atoms with Gasteiger partial charge in [-0.3, -0.25) is 4.79 Å². The standard InChI is InChI=1S/C13H19N3O3/c1-15-12(18)19-10-8-16(11(17)4-7-14)9-13(10)5-2-3-6-13/h10H,2-6,8-9H2,1H3,(H,15,18). The average Bonchev–Trinajstić information content (AvgIpc) is 2.99. The van der Waals surface area contributed by atoms with Crippen LogP contribution in [-0.2, 0) is 9.53 Å². The van der Waals surface area contributed by atoms with E-state index in [0.717, 1.165) is 25.7 Å². The minimum absolute atomic E-state index is 0.0996. The zero-order valence-electron chi connectivity index (χ0n) is 11.1. The lowest BCUT2D eigenvalue weighted by molar-refractivity contribution is -0.129. The molecule has 1 unspecified atom stereocenters. The van der Waals surface area contributed by atoms with Gasteiger partial charge >= 0.3 is 6.09 Å². The van der Waals surface area contributed by atoms with Crippen LogP contribution < -0.4 is 5.32 Å². The van der Waals surface area contributed by atoms with Gasteiger partial charge in [-0.25, -0.2) is 4.79 Å². The van der Waals surface area contributed by atoms with E-state index in [2.05, 4.69) is 5.32 Å². The third-order valence-corrected chi connectivity index (χ3v) is 4.21. The minimum atomic E-state index is -0.453. The summed E-state index contributed by atoms with van der Waals surface area (Å²) >= 11 is 0. The molecule has 2 fully saturated rings. The fraction of sp³-hybridized carbons (Fsp3) is 0.769. The van der Waals surface area contributed by atoms with Crippen molar-refractivity contribution in [3.8, 4) is 6.07 Å². The Labute approximate surface area is 112 Å². The van der Waals surface area contributed by atoms with E-state index in [1.165, 1.54) is 7.05 Å². The molecular formula is C13H19N3O3. The van der Waals surface area contributed by atoms with E-state index in [1.54, 1.807) is 4.90 Å².